The lowest BCUT2D eigenvalue weighted by Gasteiger charge is -1.98. The minimum Gasteiger partial charge on any atom is -0.435 e. The zero-order chi connectivity index (χ0) is 11.7. The highest BCUT2D eigenvalue weighted by molar-refractivity contribution is 5.61. The second-order valence-corrected chi connectivity index (χ2v) is 2.20. The van der Waals surface area contributed by atoms with Gasteiger partial charge in [0.1, 0.15) is 0 Å². The Morgan fingerprint density at radius 1 is 1.47 bits per heavy atom. The predicted molar refractivity (Wildman–Crippen MR) is 46.0 cm³/mol. The van der Waals surface area contributed by atoms with Crippen molar-refractivity contribution in [2.45, 2.75) is 20.2 Å². The van der Waals surface area contributed by atoms with Gasteiger partial charge in [0.2, 0.25) is 0 Å². The molecular weight excluding hydrogens is 211 g/mol. The molecule has 7 heteroatoms. The summed E-state index contributed by atoms with van der Waals surface area (Å²) in [5.74, 6) is 0. The molecule has 88 valence electrons. The SMILES string of the molecule is CCOC(=O)OCC.O=C1OCC(F)O1. The van der Waals surface area contributed by atoms with Gasteiger partial charge in [-0.25, -0.2) is 9.59 Å². The van der Waals surface area contributed by atoms with Crippen molar-refractivity contribution in [2.24, 2.45) is 0 Å². The van der Waals surface area contributed by atoms with E-state index in [0.29, 0.717) is 13.2 Å². The number of halogens is 1. The van der Waals surface area contributed by atoms with E-state index >= 15 is 0 Å². The fourth-order valence-electron chi connectivity index (χ4n) is 0.583. The molecule has 1 heterocycles. The van der Waals surface area contributed by atoms with Gasteiger partial charge >= 0.3 is 12.3 Å². The Kier molecular flexibility index (Phi) is 7.04. The van der Waals surface area contributed by atoms with Crippen LogP contribution in [0, 0.1) is 0 Å². The molecule has 0 aromatic heterocycles. The normalized spacial score (nSPS) is 18.1. The highest BCUT2D eigenvalue weighted by Gasteiger charge is 2.23. The molecule has 0 aromatic rings. The topological polar surface area (TPSA) is 71.1 Å². The Bertz CT molecular complexity index is 199. The Morgan fingerprint density at radius 3 is 2.20 bits per heavy atom. The molecule has 1 fully saturated rings. The summed E-state index contributed by atoms with van der Waals surface area (Å²) in [4.78, 5) is 20.0. The molecule has 0 saturated carbocycles. The standard InChI is InChI=1S/C5H10O3.C3H3FO3/c1-3-7-5(6)8-4-2;4-2-1-6-3(5)7-2/h3-4H2,1-2H3;2H,1H2. The molecule has 0 bridgehead atoms. The minimum absolute atomic E-state index is 0.265. The minimum atomic E-state index is -1.55. The zero-order valence-corrected chi connectivity index (χ0v) is 8.53. The van der Waals surface area contributed by atoms with Crippen molar-refractivity contribution < 1.29 is 32.9 Å². The van der Waals surface area contributed by atoms with Crippen molar-refractivity contribution >= 4 is 12.3 Å². The van der Waals surface area contributed by atoms with Crippen molar-refractivity contribution in [3.8, 4) is 0 Å². The highest BCUT2D eigenvalue weighted by Crippen LogP contribution is 2.05. The number of alkyl halides is 1. The van der Waals surface area contributed by atoms with E-state index in [-0.39, 0.29) is 6.61 Å². The summed E-state index contributed by atoms with van der Waals surface area (Å²) < 4.78 is 28.3. The van der Waals surface area contributed by atoms with Crippen LogP contribution in [0.15, 0.2) is 0 Å². The second-order valence-electron chi connectivity index (χ2n) is 2.20. The molecular formula is C8H13FO6. The Morgan fingerprint density at radius 2 is 2.00 bits per heavy atom. The first-order chi connectivity index (χ1) is 7.10. The number of hydrogen-bond donors (Lipinski definition) is 0. The fourth-order valence-corrected chi connectivity index (χ4v) is 0.583. The molecule has 0 aromatic carbocycles. The third kappa shape index (κ3) is 7.53. The van der Waals surface area contributed by atoms with Crippen LogP contribution in [0.5, 0.6) is 0 Å². The van der Waals surface area contributed by atoms with Crippen LogP contribution >= 0.6 is 0 Å². The third-order valence-corrected chi connectivity index (χ3v) is 1.08. The molecule has 1 aliphatic rings. The van der Waals surface area contributed by atoms with E-state index in [1.54, 1.807) is 13.8 Å². The van der Waals surface area contributed by atoms with Crippen LogP contribution in [0.4, 0.5) is 14.0 Å². The number of carbonyl (C=O) groups is 2. The maximum absolute atomic E-state index is 11.6. The van der Waals surface area contributed by atoms with Gasteiger partial charge in [-0.2, -0.15) is 4.39 Å². The summed E-state index contributed by atoms with van der Waals surface area (Å²) in [5, 5.41) is 0. The summed E-state index contributed by atoms with van der Waals surface area (Å²) in [5.41, 5.74) is 0. The molecule has 0 amide bonds. The summed E-state index contributed by atoms with van der Waals surface area (Å²) in [7, 11) is 0. The van der Waals surface area contributed by atoms with Gasteiger partial charge in [-0.05, 0) is 13.8 Å². The first-order valence-electron chi connectivity index (χ1n) is 4.37. The van der Waals surface area contributed by atoms with E-state index in [1.165, 1.54) is 0 Å². The largest absolute Gasteiger partial charge is 0.511 e. The van der Waals surface area contributed by atoms with Gasteiger partial charge in [-0.15, -0.1) is 0 Å². The van der Waals surface area contributed by atoms with Gasteiger partial charge in [0.05, 0.1) is 13.2 Å². The summed E-state index contributed by atoms with van der Waals surface area (Å²) in [6.07, 6.45) is -3.06. The van der Waals surface area contributed by atoms with Crippen LogP contribution in [0.25, 0.3) is 0 Å². The third-order valence-electron chi connectivity index (χ3n) is 1.08. The van der Waals surface area contributed by atoms with Crippen molar-refractivity contribution in [3.05, 3.63) is 0 Å². The van der Waals surface area contributed by atoms with E-state index in [2.05, 4.69) is 18.9 Å². The van der Waals surface area contributed by atoms with E-state index in [1.807, 2.05) is 0 Å². The fraction of sp³-hybridized carbons (Fsp3) is 0.750. The molecule has 0 radical (unpaired) electrons. The smallest absolute Gasteiger partial charge is 0.435 e. The molecule has 1 rings (SSSR count). The van der Waals surface area contributed by atoms with E-state index in [9.17, 15) is 14.0 Å². The van der Waals surface area contributed by atoms with Crippen molar-refractivity contribution in [1.82, 2.24) is 0 Å². The average molecular weight is 224 g/mol. The summed E-state index contributed by atoms with van der Waals surface area (Å²) in [6.45, 7) is 3.95. The molecule has 6 nitrogen and oxygen atoms in total. The number of rotatable bonds is 2. The van der Waals surface area contributed by atoms with E-state index in [0.717, 1.165) is 0 Å². The molecule has 0 spiro atoms. The van der Waals surface area contributed by atoms with Crippen molar-refractivity contribution in [1.29, 1.82) is 0 Å². The Labute approximate surface area is 86.2 Å². The van der Waals surface area contributed by atoms with E-state index in [4.69, 9.17) is 0 Å². The predicted octanol–water partition coefficient (Wildman–Crippen LogP) is 1.63. The first kappa shape index (κ1) is 13.5. The quantitative estimate of drug-likeness (QED) is 0.664. The summed E-state index contributed by atoms with van der Waals surface area (Å²) in [6, 6.07) is 0. The van der Waals surface area contributed by atoms with Gasteiger partial charge in [0, 0.05) is 0 Å². The number of carbonyl (C=O) groups excluding carboxylic acids is 2. The van der Waals surface area contributed by atoms with Gasteiger partial charge in [-0.1, -0.05) is 0 Å². The average Bonchev–Trinajstić information content (AvgIpc) is 2.52. The number of hydrogen-bond acceptors (Lipinski definition) is 6. The van der Waals surface area contributed by atoms with Crippen LogP contribution in [0.1, 0.15) is 13.8 Å². The van der Waals surface area contributed by atoms with E-state index < -0.39 is 18.7 Å². The van der Waals surface area contributed by atoms with Gasteiger partial charge in [0.25, 0.3) is 6.36 Å². The molecule has 1 atom stereocenters. The molecule has 0 N–H and O–H groups in total. The molecule has 15 heavy (non-hydrogen) atoms. The monoisotopic (exact) mass is 224 g/mol. The lowest BCUT2D eigenvalue weighted by Crippen LogP contribution is -2.05. The lowest BCUT2D eigenvalue weighted by atomic mass is 10.8. The second kappa shape index (κ2) is 7.84. The lowest BCUT2D eigenvalue weighted by molar-refractivity contribution is 0.0571. The molecule has 0 aliphatic carbocycles. The van der Waals surface area contributed by atoms with Crippen LogP contribution in [-0.2, 0) is 18.9 Å². The van der Waals surface area contributed by atoms with Crippen LogP contribution < -0.4 is 0 Å². The molecule has 1 unspecified atom stereocenters. The maximum atomic E-state index is 11.6. The summed E-state index contributed by atoms with van der Waals surface area (Å²) >= 11 is 0. The van der Waals surface area contributed by atoms with Crippen LogP contribution in [0.2, 0.25) is 0 Å². The van der Waals surface area contributed by atoms with Gasteiger partial charge in [0.15, 0.2) is 6.61 Å². The van der Waals surface area contributed by atoms with Crippen molar-refractivity contribution in [2.75, 3.05) is 19.8 Å². The highest BCUT2D eigenvalue weighted by atomic mass is 19.1. The zero-order valence-electron chi connectivity index (χ0n) is 8.53. The Balaban J connectivity index is 0.000000262. The maximum Gasteiger partial charge on any atom is 0.511 e. The van der Waals surface area contributed by atoms with Gasteiger partial charge < -0.3 is 18.9 Å². The first-order valence-corrected chi connectivity index (χ1v) is 4.37. The van der Waals surface area contributed by atoms with Crippen LogP contribution in [0.3, 0.4) is 0 Å². The number of ether oxygens (including phenoxy) is 4. The molecule has 1 aliphatic heterocycles. The molecule has 1 saturated heterocycles. The number of cyclic esters (lactones) is 2. The van der Waals surface area contributed by atoms with Crippen molar-refractivity contribution in [3.63, 3.8) is 0 Å². The van der Waals surface area contributed by atoms with Gasteiger partial charge in [-0.3, -0.25) is 0 Å². The van der Waals surface area contributed by atoms with Crippen LogP contribution in [-0.4, -0.2) is 38.5 Å². The Hall–Kier alpha value is -1.53.